The van der Waals surface area contributed by atoms with Gasteiger partial charge in [-0.05, 0) is 31.2 Å². The first kappa shape index (κ1) is 18.6. The fourth-order valence-corrected chi connectivity index (χ4v) is 1.83. The molecule has 1 heterocycles. The summed E-state index contributed by atoms with van der Waals surface area (Å²) in [5.74, 6) is -1.54. The van der Waals surface area contributed by atoms with Gasteiger partial charge in [-0.3, -0.25) is 0 Å². The topological polar surface area (TPSA) is 56.2 Å². The van der Waals surface area contributed by atoms with Gasteiger partial charge in [-0.15, -0.1) is 18.3 Å². The molecule has 5 nitrogen and oxygen atoms in total. The maximum absolute atomic E-state index is 12.7. The van der Waals surface area contributed by atoms with E-state index in [1.165, 1.54) is 6.92 Å². The van der Waals surface area contributed by atoms with Crippen molar-refractivity contribution in [1.82, 2.24) is 9.78 Å². The molecule has 0 saturated heterocycles. The highest BCUT2D eigenvalue weighted by molar-refractivity contribution is 5.95. The molecule has 0 aliphatic rings. The molecule has 0 aliphatic carbocycles. The number of esters is 1. The molecule has 0 radical (unpaired) electrons. The molecular weight excluding hydrogens is 356 g/mol. The molecule has 0 amide bonds. The summed E-state index contributed by atoms with van der Waals surface area (Å²) in [6.45, 7) is 1.39. The van der Waals surface area contributed by atoms with Crippen molar-refractivity contribution in [3.05, 3.63) is 41.6 Å². The highest BCUT2D eigenvalue weighted by Gasteiger charge is 2.34. The largest absolute Gasteiger partial charge is 0.504 e. The van der Waals surface area contributed by atoms with Gasteiger partial charge in [0.05, 0.1) is 18.4 Å². The third-order valence-corrected chi connectivity index (χ3v) is 2.94. The van der Waals surface area contributed by atoms with Crippen LogP contribution in [0.15, 0.2) is 30.5 Å². The van der Waals surface area contributed by atoms with E-state index in [2.05, 4.69) is 15.2 Å². The first-order valence-electron chi connectivity index (χ1n) is 6.80. The van der Waals surface area contributed by atoms with E-state index in [-0.39, 0.29) is 12.3 Å². The number of ether oxygens (including phenoxy) is 1. The van der Waals surface area contributed by atoms with Crippen LogP contribution < -0.4 is 5.32 Å². The van der Waals surface area contributed by atoms with Crippen LogP contribution in [-0.2, 0) is 17.2 Å². The summed E-state index contributed by atoms with van der Waals surface area (Å²) in [7, 11) is 0. The number of nitrogens with zero attached hydrogens (tertiary/aromatic N) is 2. The van der Waals surface area contributed by atoms with Gasteiger partial charge in [-0.1, -0.05) is 0 Å². The third-order valence-electron chi connectivity index (χ3n) is 2.94. The summed E-state index contributed by atoms with van der Waals surface area (Å²) in [6.07, 6.45) is -8.99. The summed E-state index contributed by atoms with van der Waals surface area (Å²) in [5, 5.41) is 5.59. The van der Waals surface area contributed by atoms with Crippen molar-refractivity contribution >= 4 is 17.5 Å². The Hall–Kier alpha value is -2.72. The maximum atomic E-state index is 12.7. The average Bonchev–Trinajstić information content (AvgIpc) is 2.91. The smallest absolute Gasteiger partial charge is 0.462 e. The van der Waals surface area contributed by atoms with Gasteiger partial charge in [-0.2, -0.15) is 17.9 Å². The molecule has 136 valence electrons. The quantitative estimate of drug-likeness (QED) is 0.647. The van der Waals surface area contributed by atoms with Crippen molar-refractivity contribution in [3.8, 4) is 0 Å². The monoisotopic (exact) mass is 367 g/mol. The molecule has 0 atom stereocenters. The van der Waals surface area contributed by atoms with Gasteiger partial charge in [0, 0.05) is 5.69 Å². The predicted molar refractivity (Wildman–Crippen MR) is 74.2 cm³/mol. The molecule has 1 N–H and O–H groups in total. The van der Waals surface area contributed by atoms with Crippen LogP contribution in [-0.4, -0.2) is 22.4 Å². The predicted octanol–water partition coefficient (Wildman–Crippen LogP) is 4.30. The molecule has 0 fully saturated rings. The molecule has 25 heavy (non-hydrogen) atoms. The summed E-state index contributed by atoms with van der Waals surface area (Å²) in [5.41, 5.74) is -1.41. The zero-order valence-electron chi connectivity index (χ0n) is 12.6. The number of anilines is 2. The van der Waals surface area contributed by atoms with Gasteiger partial charge in [0.25, 0.3) is 0 Å². The van der Waals surface area contributed by atoms with Crippen LogP contribution in [0.5, 0.6) is 0 Å². The lowest BCUT2D eigenvalue weighted by Crippen LogP contribution is -2.17. The number of carbonyl (C=O) groups excluding carboxylic acids is 1. The van der Waals surface area contributed by atoms with E-state index in [9.17, 15) is 31.1 Å². The normalized spacial score (nSPS) is 12.1. The van der Waals surface area contributed by atoms with Gasteiger partial charge >= 0.3 is 18.4 Å². The summed E-state index contributed by atoms with van der Waals surface area (Å²) < 4.78 is 80.0. The molecule has 0 bridgehead atoms. The van der Waals surface area contributed by atoms with Crippen molar-refractivity contribution in [1.29, 1.82) is 0 Å². The van der Waals surface area contributed by atoms with Gasteiger partial charge in [0.2, 0.25) is 0 Å². The molecule has 1 aromatic heterocycles. The second kappa shape index (κ2) is 6.65. The van der Waals surface area contributed by atoms with E-state index in [1.807, 2.05) is 0 Å². The average molecular weight is 367 g/mol. The zero-order chi connectivity index (χ0) is 18.8. The molecule has 2 rings (SSSR count). The first-order valence-corrected chi connectivity index (χ1v) is 6.80. The van der Waals surface area contributed by atoms with Crippen LogP contribution in [0.3, 0.4) is 0 Å². The second-order valence-corrected chi connectivity index (χ2v) is 4.72. The maximum Gasteiger partial charge on any atom is 0.504 e. The van der Waals surface area contributed by atoms with E-state index >= 15 is 0 Å². The molecule has 11 heteroatoms. The number of benzene rings is 1. The molecule has 0 aliphatic heterocycles. The third kappa shape index (κ3) is 4.43. The van der Waals surface area contributed by atoms with E-state index < -0.39 is 40.1 Å². The Labute approximate surface area is 137 Å². The van der Waals surface area contributed by atoms with E-state index in [0.29, 0.717) is 6.20 Å². The minimum Gasteiger partial charge on any atom is -0.462 e. The van der Waals surface area contributed by atoms with Gasteiger partial charge < -0.3 is 10.1 Å². The Morgan fingerprint density at radius 3 is 2.24 bits per heavy atom. The van der Waals surface area contributed by atoms with Crippen LogP contribution >= 0.6 is 0 Å². The lowest BCUT2D eigenvalue weighted by atomic mass is 10.2. The second-order valence-electron chi connectivity index (χ2n) is 4.72. The molecule has 2 aromatic rings. The number of alkyl halides is 6. The first-order chi connectivity index (χ1) is 11.5. The highest BCUT2D eigenvalue weighted by Crippen LogP contribution is 2.31. The minimum atomic E-state index is -4.87. The van der Waals surface area contributed by atoms with Gasteiger partial charge in [0.15, 0.2) is 5.82 Å². The van der Waals surface area contributed by atoms with Gasteiger partial charge in [0.1, 0.15) is 5.56 Å². The van der Waals surface area contributed by atoms with E-state index in [4.69, 9.17) is 0 Å². The molecular formula is C14H11F6N3O2. The Balaban J connectivity index is 2.34. The van der Waals surface area contributed by atoms with Crippen LogP contribution in [0.1, 0.15) is 22.8 Å². The molecule has 1 aromatic carbocycles. The fourth-order valence-electron chi connectivity index (χ4n) is 1.83. The van der Waals surface area contributed by atoms with Crippen LogP contribution in [0.4, 0.5) is 37.8 Å². The minimum absolute atomic E-state index is 0.0194. The van der Waals surface area contributed by atoms with Crippen molar-refractivity contribution in [2.24, 2.45) is 0 Å². The number of halogens is 6. The number of rotatable bonds is 4. The van der Waals surface area contributed by atoms with Crippen molar-refractivity contribution < 1.29 is 35.9 Å². The summed E-state index contributed by atoms with van der Waals surface area (Å²) in [6, 6.07) is 3.50. The van der Waals surface area contributed by atoms with Crippen molar-refractivity contribution in [2.45, 2.75) is 19.4 Å². The zero-order valence-corrected chi connectivity index (χ0v) is 12.6. The standard InChI is InChI=1S/C14H11F6N3O2/c1-2-25-12(24)10-7-23(14(18,19)20)22-11(10)21-9-5-3-8(4-6-9)13(15,16)17/h3-7H,2H2,1H3,(H,21,22). The van der Waals surface area contributed by atoms with Crippen LogP contribution in [0.25, 0.3) is 0 Å². The summed E-state index contributed by atoms with van der Waals surface area (Å²) >= 11 is 0. The van der Waals surface area contributed by atoms with E-state index in [0.717, 1.165) is 24.3 Å². The highest BCUT2D eigenvalue weighted by atomic mass is 19.4. The SMILES string of the molecule is CCOC(=O)c1cn(C(F)(F)F)nc1Nc1ccc(C(F)(F)F)cc1. The number of aromatic nitrogens is 2. The van der Waals surface area contributed by atoms with Crippen molar-refractivity contribution in [2.75, 3.05) is 11.9 Å². The number of hydrogen-bond acceptors (Lipinski definition) is 4. The lowest BCUT2D eigenvalue weighted by molar-refractivity contribution is -0.212. The number of nitrogens with one attached hydrogen (secondary N) is 1. The molecule has 0 unspecified atom stereocenters. The lowest BCUT2D eigenvalue weighted by Gasteiger charge is -2.09. The molecule has 0 spiro atoms. The van der Waals surface area contributed by atoms with Gasteiger partial charge in [-0.25, -0.2) is 4.79 Å². The Bertz CT molecular complexity index is 749. The number of carbonyl (C=O) groups is 1. The Morgan fingerprint density at radius 1 is 1.16 bits per heavy atom. The molecule has 0 saturated carbocycles. The van der Waals surface area contributed by atoms with E-state index in [1.54, 1.807) is 0 Å². The number of hydrogen-bond donors (Lipinski definition) is 1. The summed E-state index contributed by atoms with van der Waals surface area (Å²) in [4.78, 5) is 11.7. The van der Waals surface area contributed by atoms with Crippen LogP contribution in [0.2, 0.25) is 0 Å². The van der Waals surface area contributed by atoms with Crippen LogP contribution in [0, 0.1) is 0 Å². The fraction of sp³-hybridized carbons (Fsp3) is 0.286. The van der Waals surface area contributed by atoms with Crippen molar-refractivity contribution in [3.63, 3.8) is 0 Å². The Kier molecular flexibility index (Phi) is 4.95. The Morgan fingerprint density at radius 2 is 1.76 bits per heavy atom.